The lowest BCUT2D eigenvalue weighted by Gasteiger charge is -2.21. The quantitative estimate of drug-likeness (QED) is 0.226. The number of halogens is 4. The Morgan fingerprint density at radius 1 is 0.926 bits per heavy atom. The maximum Gasteiger partial charge on any atom is 0.337 e. The van der Waals surface area contributed by atoms with Gasteiger partial charge in [-0.2, -0.15) is 0 Å². The topological polar surface area (TPSA) is 77.8 Å². The summed E-state index contributed by atoms with van der Waals surface area (Å²) in [6.07, 6.45) is 0. The molecule has 0 spiro atoms. The van der Waals surface area contributed by atoms with Crippen LogP contribution in [0.3, 0.4) is 0 Å². The lowest BCUT2D eigenvalue weighted by molar-refractivity contribution is 0.0691. The lowest BCUT2D eigenvalue weighted by atomic mass is 9.97. The van der Waals surface area contributed by atoms with Crippen LogP contribution in [0.1, 0.15) is 40.1 Å². The molecule has 0 aliphatic carbocycles. The number of rotatable bonds is 6. The van der Waals surface area contributed by atoms with Crippen LogP contribution in [0.15, 0.2) is 36.1 Å². The van der Waals surface area contributed by atoms with E-state index in [1.54, 1.807) is 6.07 Å². The van der Waals surface area contributed by atoms with Crippen molar-refractivity contribution >= 4 is 81.2 Å². The van der Waals surface area contributed by atoms with Gasteiger partial charge in [0.25, 0.3) is 0 Å². The normalized spacial score (nSPS) is 10.7. The minimum absolute atomic E-state index is 0.0234. The summed E-state index contributed by atoms with van der Waals surface area (Å²) in [6.45, 7) is 5.49. The predicted molar refractivity (Wildman–Crippen MR) is 119 cm³/mol. The first-order valence-corrected chi connectivity index (χ1v) is 11.0. The molecule has 27 heavy (non-hydrogen) atoms. The second-order valence-corrected chi connectivity index (χ2v) is 8.69. The Bertz CT molecular complexity index is 926. The third-order valence-electron chi connectivity index (χ3n) is 4.06. The molecular formula is C18H15Br4NO4. The highest BCUT2D eigenvalue weighted by molar-refractivity contribution is 9.15. The van der Waals surface area contributed by atoms with Crippen molar-refractivity contribution in [3.8, 4) is 5.75 Å². The van der Waals surface area contributed by atoms with Crippen molar-refractivity contribution in [2.24, 2.45) is 0 Å². The molecule has 5 nitrogen and oxygen atoms in total. The molecule has 0 aromatic heterocycles. The molecule has 2 aromatic carbocycles. The van der Waals surface area contributed by atoms with Crippen molar-refractivity contribution in [1.29, 1.82) is 0 Å². The first kappa shape index (κ1) is 22.4. The summed E-state index contributed by atoms with van der Waals surface area (Å²) in [6, 6.07) is 4.75. The number of phenols is 1. The maximum absolute atomic E-state index is 13.1. The van der Waals surface area contributed by atoms with E-state index in [1.165, 1.54) is 12.1 Å². The van der Waals surface area contributed by atoms with Gasteiger partial charge in [-0.25, -0.2) is 4.79 Å². The molecule has 0 unspecified atom stereocenters. The average Bonchev–Trinajstić information content (AvgIpc) is 2.63. The number of carbonyl (C=O) groups excluding carboxylic acids is 1. The summed E-state index contributed by atoms with van der Waals surface area (Å²) in [7, 11) is 0. The van der Waals surface area contributed by atoms with Gasteiger partial charge < -0.3 is 15.1 Å². The second kappa shape index (κ2) is 9.07. The summed E-state index contributed by atoms with van der Waals surface area (Å²) in [4.78, 5) is 26.9. The van der Waals surface area contributed by atoms with Crippen molar-refractivity contribution in [2.75, 3.05) is 18.0 Å². The summed E-state index contributed by atoms with van der Waals surface area (Å²) in [5, 5.41) is 20.1. The fourth-order valence-electron chi connectivity index (χ4n) is 2.68. The van der Waals surface area contributed by atoms with Gasteiger partial charge in [0, 0.05) is 42.7 Å². The number of carboxylic acid groups (broad SMARTS) is 1. The van der Waals surface area contributed by atoms with E-state index < -0.39 is 11.8 Å². The number of carboxylic acids is 1. The zero-order chi connectivity index (χ0) is 20.5. The van der Waals surface area contributed by atoms with Crippen LogP contribution >= 0.6 is 63.7 Å². The maximum atomic E-state index is 13.1. The minimum Gasteiger partial charge on any atom is -0.507 e. The molecule has 0 aliphatic rings. The fourth-order valence-corrected chi connectivity index (χ4v) is 5.15. The second-order valence-electron chi connectivity index (χ2n) is 5.51. The summed E-state index contributed by atoms with van der Waals surface area (Å²) in [5.41, 5.74) is 0.546. The molecule has 0 aliphatic heterocycles. The number of nitrogens with zero attached hydrogens (tertiary/aromatic N) is 1. The number of hydrogen-bond acceptors (Lipinski definition) is 4. The van der Waals surface area contributed by atoms with E-state index in [9.17, 15) is 19.8 Å². The van der Waals surface area contributed by atoms with Crippen molar-refractivity contribution in [2.45, 2.75) is 13.8 Å². The number of phenolic OH excluding ortho intramolecular Hbond substituents is 1. The molecule has 2 rings (SSSR count). The van der Waals surface area contributed by atoms with Crippen LogP contribution in [0.25, 0.3) is 0 Å². The van der Waals surface area contributed by atoms with Crippen molar-refractivity contribution < 1.29 is 19.8 Å². The monoisotopic (exact) mass is 625 g/mol. The van der Waals surface area contributed by atoms with Gasteiger partial charge in [-0.3, -0.25) is 4.79 Å². The summed E-state index contributed by atoms with van der Waals surface area (Å²) < 4.78 is 1.46. The van der Waals surface area contributed by atoms with Gasteiger partial charge in [0.15, 0.2) is 5.78 Å². The highest BCUT2D eigenvalue weighted by atomic mass is 79.9. The molecule has 0 bridgehead atoms. The van der Waals surface area contributed by atoms with Gasteiger partial charge in [-0.1, -0.05) is 0 Å². The number of anilines is 1. The van der Waals surface area contributed by atoms with Crippen LogP contribution in [0.2, 0.25) is 0 Å². The zero-order valence-corrected chi connectivity index (χ0v) is 20.7. The SMILES string of the molecule is CCN(CC)c1ccc(C(=O)c2c(Br)c(Br)c(Br)c(Br)c2C(=O)O)c(O)c1. The van der Waals surface area contributed by atoms with E-state index in [1.807, 2.05) is 18.7 Å². The molecule has 0 amide bonds. The molecule has 0 saturated carbocycles. The van der Waals surface area contributed by atoms with Crippen LogP contribution in [0, 0.1) is 0 Å². The minimum atomic E-state index is -1.27. The van der Waals surface area contributed by atoms with Crippen LogP contribution in [-0.2, 0) is 0 Å². The average molecular weight is 629 g/mol. The van der Waals surface area contributed by atoms with Gasteiger partial charge in [0.05, 0.1) is 16.7 Å². The molecule has 2 aromatic rings. The number of hydrogen-bond donors (Lipinski definition) is 2. The predicted octanol–water partition coefficient (Wildman–Crippen LogP) is 6.22. The summed E-state index contributed by atoms with van der Waals surface area (Å²) in [5.74, 6) is -2.07. The number of benzene rings is 2. The van der Waals surface area contributed by atoms with E-state index in [0.29, 0.717) is 8.95 Å². The Hall–Kier alpha value is -0.900. The van der Waals surface area contributed by atoms with Crippen LogP contribution < -0.4 is 4.90 Å². The highest BCUT2D eigenvalue weighted by Crippen LogP contribution is 2.43. The van der Waals surface area contributed by atoms with E-state index in [4.69, 9.17) is 0 Å². The molecule has 9 heteroatoms. The van der Waals surface area contributed by atoms with E-state index >= 15 is 0 Å². The number of ketones is 1. The van der Waals surface area contributed by atoms with Gasteiger partial charge in [0.1, 0.15) is 5.75 Å². The van der Waals surface area contributed by atoms with Gasteiger partial charge in [0.2, 0.25) is 0 Å². The number of aromatic carboxylic acids is 1. The Balaban J connectivity index is 2.67. The van der Waals surface area contributed by atoms with E-state index in [-0.39, 0.29) is 31.4 Å². The van der Waals surface area contributed by atoms with Crippen molar-refractivity contribution in [1.82, 2.24) is 0 Å². The molecule has 0 radical (unpaired) electrons. The summed E-state index contributed by atoms with van der Waals surface area (Å²) >= 11 is 13.1. The fraction of sp³-hybridized carbons (Fsp3) is 0.222. The van der Waals surface area contributed by atoms with Crippen molar-refractivity contribution in [3.05, 3.63) is 52.8 Å². The molecule has 0 heterocycles. The molecule has 0 fully saturated rings. The molecule has 144 valence electrons. The number of carbonyl (C=O) groups is 2. The van der Waals surface area contributed by atoms with Crippen LogP contribution in [0.4, 0.5) is 5.69 Å². The van der Waals surface area contributed by atoms with Gasteiger partial charge in [-0.05, 0) is 89.7 Å². The van der Waals surface area contributed by atoms with E-state index in [2.05, 4.69) is 63.7 Å². The number of aromatic hydroxyl groups is 1. The van der Waals surface area contributed by atoms with Crippen LogP contribution in [0.5, 0.6) is 5.75 Å². The standard InChI is InChI=1S/C18H15Br4NO4/c1-3-23(4-2)8-5-6-9(10(24)7-8)17(25)11-12(18(26)27)14(20)16(22)15(21)13(11)19/h5-7,24H,3-4H2,1-2H3,(H,26,27). The first-order valence-electron chi connectivity index (χ1n) is 7.87. The molecular weight excluding hydrogens is 614 g/mol. The Morgan fingerprint density at radius 3 is 1.89 bits per heavy atom. The third kappa shape index (κ3) is 4.26. The third-order valence-corrected chi connectivity index (χ3v) is 8.83. The largest absolute Gasteiger partial charge is 0.507 e. The van der Waals surface area contributed by atoms with E-state index in [0.717, 1.165) is 18.8 Å². The highest BCUT2D eigenvalue weighted by Gasteiger charge is 2.29. The molecule has 2 N–H and O–H groups in total. The lowest BCUT2D eigenvalue weighted by Crippen LogP contribution is -2.21. The smallest absolute Gasteiger partial charge is 0.337 e. The molecule has 0 saturated heterocycles. The Morgan fingerprint density at radius 2 is 1.44 bits per heavy atom. The Kier molecular flexibility index (Phi) is 7.52. The van der Waals surface area contributed by atoms with Gasteiger partial charge >= 0.3 is 5.97 Å². The van der Waals surface area contributed by atoms with Crippen molar-refractivity contribution in [3.63, 3.8) is 0 Å². The first-order chi connectivity index (χ1) is 12.6. The Labute approximate surface area is 190 Å². The molecule has 0 atom stereocenters. The van der Waals surface area contributed by atoms with Crippen LogP contribution in [-0.4, -0.2) is 35.1 Å². The van der Waals surface area contributed by atoms with Gasteiger partial charge in [-0.15, -0.1) is 0 Å². The zero-order valence-electron chi connectivity index (χ0n) is 14.3.